The maximum Gasteiger partial charge on any atom is 0.132 e. The van der Waals surface area contributed by atoms with E-state index >= 15 is 0 Å². The lowest BCUT2D eigenvalue weighted by Crippen LogP contribution is -2.45. The summed E-state index contributed by atoms with van der Waals surface area (Å²) in [5.41, 5.74) is 1.19. The average Bonchev–Trinajstić information content (AvgIpc) is 3.31. The summed E-state index contributed by atoms with van der Waals surface area (Å²) < 4.78 is 0. The lowest BCUT2D eigenvalue weighted by atomic mass is 9.89. The van der Waals surface area contributed by atoms with Crippen LogP contribution in [0.1, 0.15) is 30.9 Å². The first kappa shape index (κ1) is 14.7. The summed E-state index contributed by atoms with van der Waals surface area (Å²) in [5, 5.41) is 9.59. The molecule has 1 aliphatic heterocycles. The molecular formula is C16H26N4O. The molecule has 0 bridgehead atoms. The molecule has 5 heteroatoms. The molecule has 0 amide bonds. The highest BCUT2D eigenvalue weighted by Gasteiger charge is 2.30. The second kappa shape index (κ2) is 6.28. The predicted octanol–water partition coefficient (Wildman–Crippen LogP) is 1.35. The van der Waals surface area contributed by atoms with E-state index in [1.54, 1.807) is 6.33 Å². The molecule has 1 aliphatic carbocycles. The highest BCUT2D eigenvalue weighted by molar-refractivity contribution is 5.41. The molecule has 1 aromatic rings. The molecule has 5 nitrogen and oxygen atoms in total. The van der Waals surface area contributed by atoms with Crippen LogP contribution in [0.25, 0.3) is 0 Å². The lowest BCUT2D eigenvalue weighted by Gasteiger charge is -2.39. The van der Waals surface area contributed by atoms with Crippen molar-refractivity contribution in [1.29, 1.82) is 0 Å². The molecule has 0 aromatic carbocycles. The van der Waals surface area contributed by atoms with Gasteiger partial charge in [-0.2, -0.15) is 0 Å². The van der Waals surface area contributed by atoms with Gasteiger partial charge in [0.15, 0.2) is 0 Å². The summed E-state index contributed by atoms with van der Waals surface area (Å²) in [6.45, 7) is 3.26. The van der Waals surface area contributed by atoms with E-state index in [1.165, 1.54) is 18.5 Å². The Labute approximate surface area is 127 Å². The summed E-state index contributed by atoms with van der Waals surface area (Å²) in [6, 6.07) is 2.16. The van der Waals surface area contributed by atoms with Gasteiger partial charge in [-0.05, 0) is 45.2 Å². The van der Waals surface area contributed by atoms with Gasteiger partial charge >= 0.3 is 0 Å². The van der Waals surface area contributed by atoms with E-state index in [4.69, 9.17) is 0 Å². The molecule has 2 heterocycles. The van der Waals surface area contributed by atoms with Crippen LogP contribution in [0, 0.1) is 11.8 Å². The molecule has 1 aromatic heterocycles. The Morgan fingerprint density at radius 3 is 2.67 bits per heavy atom. The average molecular weight is 290 g/mol. The minimum Gasteiger partial charge on any atom is -0.396 e. The minimum atomic E-state index is 0.265. The molecule has 3 rings (SSSR count). The monoisotopic (exact) mass is 290 g/mol. The fourth-order valence-electron chi connectivity index (χ4n) is 3.42. The Kier molecular flexibility index (Phi) is 4.40. The maximum absolute atomic E-state index is 9.59. The zero-order chi connectivity index (χ0) is 14.8. The van der Waals surface area contributed by atoms with Gasteiger partial charge in [-0.15, -0.1) is 0 Å². The predicted molar refractivity (Wildman–Crippen MR) is 83.5 cm³/mol. The summed E-state index contributed by atoms with van der Waals surface area (Å²) in [4.78, 5) is 13.5. The quantitative estimate of drug-likeness (QED) is 0.887. The van der Waals surface area contributed by atoms with E-state index in [0.717, 1.165) is 31.9 Å². The Balaban J connectivity index is 1.74. The van der Waals surface area contributed by atoms with Gasteiger partial charge in [0.1, 0.15) is 12.1 Å². The Morgan fingerprint density at radius 1 is 1.24 bits per heavy atom. The van der Waals surface area contributed by atoms with E-state index in [9.17, 15) is 5.11 Å². The number of anilines is 1. The molecule has 1 saturated heterocycles. The van der Waals surface area contributed by atoms with Gasteiger partial charge in [0.05, 0.1) is 0 Å². The maximum atomic E-state index is 9.59. The van der Waals surface area contributed by atoms with Crippen molar-refractivity contribution in [2.75, 3.05) is 45.2 Å². The van der Waals surface area contributed by atoms with Gasteiger partial charge in [-0.1, -0.05) is 0 Å². The smallest absolute Gasteiger partial charge is 0.132 e. The third-order valence-electron chi connectivity index (χ3n) is 4.50. The number of aliphatic hydroxyl groups is 1. The topological polar surface area (TPSA) is 52.5 Å². The first-order chi connectivity index (χ1) is 10.2. The SMILES string of the molecule is CN(C)C[C@@H]1C[C@@H](CO)CN(c2cc(C3CC3)ncn2)C1. The lowest BCUT2D eigenvalue weighted by molar-refractivity contribution is 0.170. The van der Waals surface area contributed by atoms with Crippen LogP contribution in [0.4, 0.5) is 5.82 Å². The van der Waals surface area contributed by atoms with Crippen LogP contribution >= 0.6 is 0 Å². The van der Waals surface area contributed by atoms with Crippen LogP contribution in [-0.2, 0) is 0 Å². The molecule has 2 atom stereocenters. The van der Waals surface area contributed by atoms with E-state index in [2.05, 4.69) is 39.9 Å². The van der Waals surface area contributed by atoms with Crippen molar-refractivity contribution in [3.63, 3.8) is 0 Å². The molecule has 0 spiro atoms. The first-order valence-electron chi connectivity index (χ1n) is 7.98. The van der Waals surface area contributed by atoms with E-state index in [0.29, 0.717) is 17.8 Å². The number of hydrogen-bond donors (Lipinski definition) is 1. The number of piperidine rings is 1. The third-order valence-corrected chi connectivity index (χ3v) is 4.50. The van der Waals surface area contributed by atoms with Gasteiger partial charge in [-0.25, -0.2) is 9.97 Å². The summed E-state index contributed by atoms with van der Waals surface area (Å²) in [5.74, 6) is 2.63. The van der Waals surface area contributed by atoms with Crippen LogP contribution in [0.5, 0.6) is 0 Å². The summed E-state index contributed by atoms with van der Waals surface area (Å²) in [7, 11) is 4.23. The van der Waals surface area contributed by atoms with Gasteiger partial charge < -0.3 is 14.9 Å². The van der Waals surface area contributed by atoms with Crippen molar-refractivity contribution < 1.29 is 5.11 Å². The van der Waals surface area contributed by atoms with E-state index < -0.39 is 0 Å². The summed E-state index contributed by atoms with van der Waals surface area (Å²) in [6.07, 6.45) is 5.33. The highest BCUT2D eigenvalue weighted by Crippen LogP contribution is 2.39. The molecule has 2 aliphatic rings. The zero-order valence-electron chi connectivity index (χ0n) is 13.1. The number of aromatic nitrogens is 2. The molecule has 0 unspecified atom stereocenters. The van der Waals surface area contributed by atoms with Crippen molar-refractivity contribution in [2.45, 2.75) is 25.2 Å². The van der Waals surface area contributed by atoms with E-state index in [1.807, 2.05) is 0 Å². The first-order valence-corrected chi connectivity index (χ1v) is 7.98. The molecule has 1 N–H and O–H groups in total. The molecule has 2 fully saturated rings. The minimum absolute atomic E-state index is 0.265. The Hall–Kier alpha value is -1.20. The number of rotatable bonds is 5. The van der Waals surface area contributed by atoms with Crippen LogP contribution in [-0.4, -0.2) is 60.3 Å². The van der Waals surface area contributed by atoms with Gasteiger partial charge in [0, 0.05) is 43.9 Å². The molecule has 21 heavy (non-hydrogen) atoms. The van der Waals surface area contributed by atoms with Crippen LogP contribution in [0.15, 0.2) is 12.4 Å². The van der Waals surface area contributed by atoms with Gasteiger partial charge in [-0.3, -0.25) is 0 Å². The van der Waals surface area contributed by atoms with Crippen molar-refractivity contribution in [3.05, 3.63) is 18.1 Å². The van der Waals surface area contributed by atoms with Crippen LogP contribution in [0.3, 0.4) is 0 Å². The number of nitrogens with zero attached hydrogens (tertiary/aromatic N) is 4. The van der Waals surface area contributed by atoms with Crippen molar-refractivity contribution >= 4 is 5.82 Å². The largest absolute Gasteiger partial charge is 0.396 e. The normalized spacial score (nSPS) is 26.4. The number of aliphatic hydroxyl groups excluding tert-OH is 1. The fourth-order valence-corrected chi connectivity index (χ4v) is 3.42. The van der Waals surface area contributed by atoms with Crippen molar-refractivity contribution in [3.8, 4) is 0 Å². The van der Waals surface area contributed by atoms with E-state index in [-0.39, 0.29) is 6.61 Å². The van der Waals surface area contributed by atoms with Gasteiger partial charge in [0.2, 0.25) is 0 Å². The molecule has 0 radical (unpaired) electrons. The molecule has 116 valence electrons. The molecule has 1 saturated carbocycles. The zero-order valence-corrected chi connectivity index (χ0v) is 13.1. The number of hydrogen-bond acceptors (Lipinski definition) is 5. The Morgan fingerprint density at radius 2 is 2.00 bits per heavy atom. The second-order valence-corrected chi connectivity index (χ2v) is 6.89. The summed E-state index contributed by atoms with van der Waals surface area (Å²) >= 11 is 0. The van der Waals surface area contributed by atoms with Crippen LogP contribution in [0.2, 0.25) is 0 Å². The van der Waals surface area contributed by atoms with Gasteiger partial charge in [0.25, 0.3) is 0 Å². The fraction of sp³-hybridized carbons (Fsp3) is 0.750. The second-order valence-electron chi connectivity index (χ2n) is 6.89. The van der Waals surface area contributed by atoms with Crippen LogP contribution < -0.4 is 4.90 Å². The Bertz CT molecular complexity index is 475. The van der Waals surface area contributed by atoms with Crippen molar-refractivity contribution in [2.24, 2.45) is 11.8 Å². The molecular weight excluding hydrogens is 264 g/mol. The highest BCUT2D eigenvalue weighted by atomic mass is 16.3. The third kappa shape index (κ3) is 3.71. The van der Waals surface area contributed by atoms with Crippen molar-refractivity contribution in [1.82, 2.24) is 14.9 Å². The standard InChI is InChI=1S/C16H26N4O/c1-19(2)7-12-5-13(10-21)9-20(8-12)16-6-15(14-3-4-14)17-11-18-16/h6,11-14,21H,3-5,7-10H2,1-2H3/t12-,13+/m0/s1.